The minimum atomic E-state index is -0.216. The molecule has 2 N–H and O–H groups in total. The highest BCUT2D eigenvalue weighted by atomic mass is 16.3. The van der Waals surface area contributed by atoms with Crippen molar-refractivity contribution in [3.8, 4) is 0 Å². The molecule has 1 aliphatic rings. The Morgan fingerprint density at radius 1 is 1.56 bits per heavy atom. The van der Waals surface area contributed by atoms with Crippen LogP contribution in [0.5, 0.6) is 0 Å². The Bertz CT molecular complexity index is 442. The van der Waals surface area contributed by atoms with E-state index in [1.54, 1.807) is 0 Å². The van der Waals surface area contributed by atoms with Crippen molar-refractivity contribution in [2.24, 2.45) is 0 Å². The number of nitrogens with one attached hydrogen (secondary N) is 1. The second kappa shape index (κ2) is 5.53. The highest BCUT2D eigenvalue weighted by molar-refractivity contribution is 5.72. The Labute approximate surface area is 108 Å². The molecule has 0 saturated heterocycles. The number of aliphatic hydroxyl groups is 1. The largest absolute Gasteiger partial charge is 0.393 e. The van der Waals surface area contributed by atoms with Crippen LogP contribution < -0.4 is 5.32 Å². The molecule has 2 atom stereocenters. The Morgan fingerprint density at radius 3 is 3.06 bits per heavy atom. The van der Waals surface area contributed by atoms with Crippen LogP contribution in [0.2, 0.25) is 0 Å². The lowest BCUT2D eigenvalue weighted by atomic mass is 9.83. The quantitative estimate of drug-likeness (QED) is 0.855. The first-order valence-corrected chi connectivity index (χ1v) is 6.61. The number of hydrogen-bond acceptors (Lipinski definition) is 2. The lowest BCUT2D eigenvalue weighted by Gasteiger charge is -2.25. The van der Waals surface area contributed by atoms with Crippen LogP contribution in [-0.4, -0.2) is 23.7 Å². The number of carbonyl (C=O) groups excluding carboxylic acids is 1. The second-order valence-corrected chi connectivity index (χ2v) is 5.22. The van der Waals surface area contributed by atoms with Crippen LogP contribution in [-0.2, 0) is 17.6 Å². The monoisotopic (exact) mass is 247 g/mol. The van der Waals surface area contributed by atoms with E-state index in [0.717, 1.165) is 19.3 Å². The van der Waals surface area contributed by atoms with Gasteiger partial charge in [-0.15, -0.1) is 0 Å². The number of benzene rings is 1. The molecule has 1 aliphatic carbocycles. The molecule has 18 heavy (non-hydrogen) atoms. The molecule has 0 saturated carbocycles. The van der Waals surface area contributed by atoms with Crippen molar-refractivity contribution in [2.45, 2.75) is 45.1 Å². The second-order valence-electron chi connectivity index (χ2n) is 5.22. The number of amides is 1. The summed E-state index contributed by atoms with van der Waals surface area (Å²) in [6.07, 6.45) is 2.34. The van der Waals surface area contributed by atoms with Crippen molar-refractivity contribution in [2.75, 3.05) is 6.54 Å². The summed E-state index contributed by atoms with van der Waals surface area (Å²) in [6, 6.07) is 6.34. The molecule has 0 bridgehead atoms. The van der Waals surface area contributed by atoms with Crippen LogP contribution >= 0.6 is 0 Å². The number of hydrogen-bond donors (Lipinski definition) is 2. The van der Waals surface area contributed by atoms with Gasteiger partial charge in [0.25, 0.3) is 0 Å². The van der Waals surface area contributed by atoms with Crippen molar-refractivity contribution in [3.63, 3.8) is 0 Å². The smallest absolute Gasteiger partial charge is 0.216 e. The van der Waals surface area contributed by atoms with Gasteiger partial charge in [0.05, 0.1) is 6.10 Å². The standard InChI is InChI=1S/C15H21NO2/c1-10(9-16-11(2)17)14-5-3-4-12-6-7-13(18)8-15(12)14/h3-5,10,13,18H,6-9H2,1-2H3,(H,16,17). The van der Waals surface area contributed by atoms with Crippen molar-refractivity contribution in [1.82, 2.24) is 5.32 Å². The van der Waals surface area contributed by atoms with Crippen LogP contribution in [0.4, 0.5) is 0 Å². The molecule has 3 nitrogen and oxygen atoms in total. The SMILES string of the molecule is CC(=O)NCC(C)c1cccc2c1CC(O)CC2. The lowest BCUT2D eigenvalue weighted by Crippen LogP contribution is -2.27. The maximum Gasteiger partial charge on any atom is 0.216 e. The van der Waals surface area contributed by atoms with Gasteiger partial charge in [0, 0.05) is 13.5 Å². The van der Waals surface area contributed by atoms with Gasteiger partial charge in [0.15, 0.2) is 0 Å². The lowest BCUT2D eigenvalue weighted by molar-refractivity contribution is -0.119. The van der Waals surface area contributed by atoms with Gasteiger partial charge in [-0.05, 0) is 41.9 Å². The third-order valence-corrected chi connectivity index (χ3v) is 3.68. The van der Waals surface area contributed by atoms with Crippen molar-refractivity contribution >= 4 is 5.91 Å². The maximum absolute atomic E-state index is 11.0. The minimum Gasteiger partial charge on any atom is -0.393 e. The number of rotatable bonds is 3. The predicted molar refractivity (Wildman–Crippen MR) is 71.6 cm³/mol. The molecule has 0 aliphatic heterocycles. The molecule has 98 valence electrons. The summed E-state index contributed by atoms with van der Waals surface area (Å²) >= 11 is 0. The topological polar surface area (TPSA) is 49.3 Å². The summed E-state index contributed by atoms with van der Waals surface area (Å²) in [5, 5.41) is 12.7. The van der Waals surface area contributed by atoms with Gasteiger partial charge in [-0.1, -0.05) is 25.1 Å². The van der Waals surface area contributed by atoms with E-state index in [-0.39, 0.29) is 17.9 Å². The molecule has 0 radical (unpaired) electrons. The van der Waals surface area contributed by atoms with Crippen LogP contribution in [0.15, 0.2) is 18.2 Å². The molecule has 2 unspecified atom stereocenters. The van der Waals surface area contributed by atoms with Crippen molar-refractivity contribution < 1.29 is 9.90 Å². The Kier molecular flexibility index (Phi) is 4.02. The molecular formula is C15H21NO2. The molecule has 2 rings (SSSR count). The van der Waals surface area contributed by atoms with Gasteiger partial charge in [-0.2, -0.15) is 0 Å². The summed E-state index contributed by atoms with van der Waals surface area (Å²) in [5.74, 6) is 0.292. The average molecular weight is 247 g/mol. The van der Waals surface area contributed by atoms with Crippen molar-refractivity contribution in [3.05, 3.63) is 34.9 Å². The fourth-order valence-corrected chi connectivity index (χ4v) is 2.67. The molecule has 1 aromatic carbocycles. The van der Waals surface area contributed by atoms with Gasteiger partial charge in [-0.3, -0.25) is 4.79 Å². The van der Waals surface area contributed by atoms with E-state index in [0.29, 0.717) is 6.54 Å². The van der Waals surface area contributed by atoms with E-state index in [9.17, 15) is 9.90 Å². The number of aryl methyl sites for hydroxylation is 1. The summed E-state index contributed by atoms with van der Waals surface area (Å²) in [4.78, 5) is 11.0. The molecule has 0 heterocycles. The van der Waals surface area contributed by atoms with Gasteiger partial charge in [0.2, 0.25) is 5.91 Å². The van der Waals surface area contributed by atoms with E-state index in [1.807, 2.05) is 0 Å². The highest BCUT2D eigenvalue weighted by Gasteiger charge is 2.21. The molecule has 3 heteroatoms. The first-order valence-electron chi connectivity index (χ1n) is 6.61. The zero-order valence-corrected chi connectivity index (χ0v) is 11.1. The zero-order valence-electron chi connectivity index (χ0n) is 11.1. The fourth-order valence-electron chi connectivity index (χ4n) is 2.67. The van der Waals surface area contributed by atoms with E-state index in [2.05, 4.69) is 30.4 Å². The number of fused-ring (bicyclic) bond motifs is 1. The van der Waals surface area contributed by atoms with E-state index < -0.39 is 0 Å². The molecular weight excluding hydrogens is 226 g/mol. The summed E-state index contributed by atoms with van der Waals surface area (Å²) in [6.45, 7) is 4.31. The molecule has 1 aromatic rings. The van der Waals surface area contributed by atoms with Gasteiger partial charge in [0.1, 0.15) is 0 Å². The minimum absolute atomic E-state index is 0.00619. The van der Waals surface area contributed by atoms with Crippen molar-refractivity contribution in [1.29, 1.82) is 0 Å². The molecule has 0 aromatic heterocycles. The summed E-state index contributed by atoms with van der Waals surface area (Å²) in [7, 11) is 0. The zero-order chi connectivity index (χ0) is 13.1. The van der Waals surface area contributed by atoms with E-state index in [4.69, 9.17) is 0 Å². The number of aliphatic hydroxyl groups excluding tert-OH is 1. The molecule has 0 spiro atoms. The predicted octanol–water partition coefficient (Wildman–Crippen LogP) is 1.78. The first-order chi connectivity index (χ1) is 8.58. The van der Waals surface area contributed by atoms with Crippen LogP contribution in [0.3, 0.4) is 0 Å². The Morgan fingerprint density at radius 2 is 2.33 bits per heavy atom. The number of carbonyl (C=O) groups is 1. The maximum atomic E-state index is 11.0. The average Bonchev–Trinajstić information content (AvgIpc) is 2.35. The van der Waals surface area contributed by atoms with Crippen LogP contribution in [0, 0.1) is 0 Å². The van der Waals surface area contributed by atoms with Gasteiger partial charge >= 0.3 is 0 Å². The molecule has 0 fully saturated rings. The fraction of sp³-hybridized carbons (Fsp3) is 0.533. The Balaban J connectivity index is 2.20. The Hall–Kier alpha value is -1.35. The van der Waals surface area contributed by atoms with Crippen LogP contribution in [0.1, 0.15) is 42.9 Å². The third kappa shape index (κ3) is 2.91. The third-order valence-electron chi connectivity index (χ3n) is 3.68. The van der Waals surface area contributed by atoms with E-state index in [1.165, 1.54) is 23.6 Å². The summed E-state index contributed by atoms with van der Waals surface area (Å²) in [5.41, 5.74) is 3.90. The van der Waals surface area contributed by atoms with Gasteiger partial charge in [-0.25, -0.2) is 0 Å². The highest BCUT2D eigenvalue weighted by Crippen LogP contribution is 2.29. The molecule has 1 amide bonds. The van der Waals surface area contributed by atoms with Crippen LogP contribution in [0.25, 0.3) is 0 Å². The normalized spacial score (nSPS) is 20.1. The van der Waals surface area contributed by atoms with E-state index >= 15 is 0 Å². The summed E-state index contributed by atoms with van der Waals surface area (Å²) < 4.78 is 0. The van der Waals surface area contributed by atoms with Gasteiger partial charge < -0.3 is 10.4 Å². The first kappa shape index (κ1) is 13.1.